The van der Waals surface area contributed by atoms with Crippen molar-refractivity contribution in [3.8, 4) is 0 Å². The van der Waals surface area contributed by atoms with Crippen LogP contribution in [0.25, 0.3) is 10.9 Å². The van der Waals surface area contributed by atoms with E-state index in [9.17, 15) is 14.7 Å². The smallest absolute Gasteiger partial charge is 0.275 e. The number of aromatic amines is 1. The van der Waals surface area contributed by atoms with Gasteiger partial charge >= 0.3 is 0 Å². The average molecular weight is 420 g/mol. The Balaban J connectivity index is 1.67. The number of benzene rings is 2. The monoisotopic (exact) mass is 420 g/mol. The molecule has 3 N–H and O–H groups in total. The predicted molar refractivity (Wildman–Crippen MR) is 115 cm³/mol. The Morgan fingerprint density at radius 3 is 2.67 bits per heavy atom. The molecule has 0 unspecified atom stereocenters. The first-order valence-electron chi connectivity index (χ1n) is 9.83. The van der Waals surface area contributed by atoms with Crippen molar-refractivity contribution >= 4 is 41.0 Å². The summed E-state index contributed by atoms with van der Waals surface area (Å²) in [5.41, 5.74) is 3.21. The molecule has 1 aromatic heterocycles. The van der Waals surface area contributed by atoms with Crippen molar-refractivity contribution in [2.45, 2.75) is 29.1 Å². The van der Waals surface area contributed by atoms with Gasteiger partial charge in [0, 0.05) is 36.3 Å². The molecule has 0 radical (unpaired) electrons. The van der Waals surface area contributed by atoms with Crippen LogP contribution in [0.4, 0.5) is 5.69 Å². The molecule has 2 fully saturated rings. The summed E-state index contributed by atoms with van der Waals surface area (Å²) >= 11 is 4.79. The highest BCUT2D eigenvalue weighted by molar-refractivity contribution is 7.82. The van der Waals surface area contributed by atoms with Crippen LogP contribution in [0.1, 0.15) is 17.5 Å². The first-order valence-corrected chi connectivity index (χ1v) is 10.3. The van der Waals surface area contributed by atoms with E-state index in [-0.39, 0.29) is 5.91 Å². The molecule has 8 heteroatoms. The minimum atomic E-state index is -1.53. The number of para-hydroxylation sites is 2. The highest BCUT2D eigenvalue weighted by atomic mass is 32.1. The van der Waals surface area contributed by atoms with Gasteiger partial charge < -0.3 is 20.3 Å². The molecule has 3 aliphatic heterocycles. The lowest BCUT2D eigenvalue weighted by Crippen LogP contribution is -2.68. The van der Waals surface area contributed by atoms with Gasteiger partial charge in [-0.05, 0) is 23.3 Å². The van der Waals surface area contributed by atoms with Crippen molar-refractivity contribution in [2.75, 3.05) is 12.4 Å². The number of nitrogens with zero attached hydrogens (tertiary/aromatic N) is 2. The molecule has 30 heavy (non-hydrogen) atoms. The maximum atomic E-state index is 13.3. The van der Waals surface area contributed by atoms with Crippen LogP contribution in [0.2, 0.25) is 0 Å². The number of thiol groups is 1. The van der Waals surface area contributed by atoms with Crippen LogP contribution < -0.4 is 5.32 Å². The van der Waals surface area contributed by atoms with Crippen molar-refractivity contribution in [3.63, 3.8) is 0 Å². The highest BCUT2D eigenvalue weighted by Crippen LogP contribution is 2.61. The van der Waals surface area contributed by atoms with Crippen LogP contribution >= 0.6 is 12.6 Å². The predicted octanol–water partition coefficient (Wildman–Crippen LogP) is 1.85. The Morgan fingerprint density at radius 2 is 1.83 bits per heavy atom. The zero-order valence-electron chi connectivity index (χ0n) is 16.2. The van der Waals surface area contributed by atoms with Gasteiger partial charge in [0.15, 0.2) is 4.87 Å². The number of fused-ring (bicyclic) bond motifs is 6. The molecule has 2 saturated heterocycles. The zero-order chi connectivity index (χ0) is 20.8. The van der Waals surface area contributed by atoms with Crippen LogP contribution in [0, 0.1) is 0 Å². The van der Waals surface area contributed by atoms with Crippen molar-refractivity contribution < 1.29 is 14.7 Å². The van der Waals surface area contributed by atoms with Crippen LogP contribution in [0.5, 0.6) is 0 Å². The fourth-order valence-electron chi connectivity index (χ4n) is 5.58. The van der Waals surface area contributed by atoms with Crippen molar-refractivity contribution in [2.24, 2.45) is 0 Å². The second kappa shape index (κ2) is 5.59. The highest BCUT2D eigenvalue weighted by Gasteiger charge is 2.70. The molecule has 0 spiro atoms. The molecule has 0 aliphatic carbocycles. The number of carbonyl (C=O) groups excluding carboxylic acids is 2. The van der Waals surface area contributed by atoms with E-state index < -0.39 is 28.6 Å². The molecule has 6 rings (SSSR count). The number of anilines is 1. The van der Waals surface area contributed by atoms with Gasteiger partial charge in [-0.1, -0.05) is 36.4 Å². The van der Waals surface area contributed by atoms with Gasteiger partial charge in [0.25, 0.3) is 11.8 Å². The van der Waals surface area contributed by atoms with Crippen LogP contribution in [0.15, 0.2) is 54.7 Å². The molecule has 2 aromatic carbocycles. The van der Waals surface area contributed by atoms with E-state index in [2.05, 4.69) is 10.3 Å². The minimum absolute atomic E-state index is 0.293. The molecule has 2 amide bonds. The summed E-state index contributed by atoms with van der Waals surface area (Å²) in [5, 5.41) is 14.9. The number of H-pyrrole nitrogens is 1. The first-order chi connectivity index (χ1) is 14.4. The molecule has 3 aromatic rings. The van der Waals surface area contributed by atoms with Gasteiger partial charge in [-0.2, -0.15) is 0 Å². The molecule has 0 bridgehead atoms. The number of nitrogens with one attached hydrogen (secondary N) is 2. The molecule has 3 aliphatic rings. The number of rotatable bonds is 1. The third-order valence-corrected chi connectivity index (χ3v) is 7.47. The molecular weight excluding hydrogens is 400 g/mol. The number of carbonyl (C=O) groups is 2. The summed E-state index contributed by atoms with van der Waals surface area (Å²) in [6.45, 7) is 0. The van der Waals surface area contributed by atoms with Crippen molar-refractivity contribution in [3.05, 3.63) is 65.9 Å². The number of aromatic nitrogens is 1. The Bertz CT molecular complexity index is 1240. The maximum Gasteiger partial charge on any atom is 0.275 e. The average Bonchev–Trinajstić information content (AvgIpc) is 3.38. The van der Waals surface area contributed by atoms with E-state index in [0.717, 1.165) is 32.6 Å². The summed E-state index contributed by atoms with van der Waals surface area (Å²) in [6.07, 6.45) is 0.182. The first kappa shape index (κ1) is 17.9. The van der Waals surface area contributed by atoms with E-state index in [1.165, 1.54) is 11.9 Å². The number of amides is 2. The minimum Gasteiger partial charge on any atom is -0.365 e. The number of aliphatic hydroxyl groups excluding tert-OH is 1. The van der Waals surface area contributed by atoms with E-state index in [4.69, 9.17) is 12.6 Å². The van der Waals surface area contributed by atoms with Crippen molar-refractivity contribution in [1.29, 1.82) is 0 Å². The Kier molecular flexibility index (Phi) is 3.32. The Hall–Kier alpha value is -2.97. The van der Waals surface area contributed by atoms with Gasteiger partial charge in [-0.25, -0.2) is 0 Å². The standard InChI is InChI=1S/C22H20N4O3S/c1-25-17(27)18(28)26-19-21(11-22(26,30)20(25)29,13-7-3-5-9-16(13)24-19)14-10-23-15-8-4-2-6-12(14)15/h2-10,17,19,23-24,27,30H,11H2,1H3/t17-,19-,21-,22+/m1/s1. The zero-order valence-corrected chi connectivity index (χ0v) is 17.1. The van der Waals surface area contributed by atoms with E-state index in [1.807, 2.05) is 54.7 Å². The van der Waals surface area contributed by atoms with Crippen LogP contribution in [0.3, 0.4) is 0 Å². The second-order valence-corrected chi connectivity index (χ2v) is 9.04. The largest absolute Gasteiger partial charge is 0.365 e. The van der Waals surface area contributed by atoms with Gasteiger partial charge in [-0.15, -0.1) is 12.6 Å². The van der Waals surface area contributed by atoms with E-state index >= 15 is 0 Å². The number of likely N-dealkylation sites (N-methyl/N-ethyl adjacent to an activating group) is 1. The molecule has 4 atom stereocenters. The number of hydrogen-bond donors (Lipinski definition) is 4. The third kappa shape index (κ3) is 1.87. The molecule has 7 nitrogen and oxygen atoms in total. The van der Waals surface area contributed by atoms with Crippen LogP contribution in [-0.4, -0.2) is 56.0 Å². The summed E-state index contributed by atoms with van der Waals surface area (Å²) in [6, 6.07) is 15.9. The van der Waals surface area contributed by atoms with Crippen molar-refractivity contribution in [1.82, 2.24) is 14.8 Å². The van der Waals surface area contributed by atoms with Gasteiger partial charge in [0.1, 0.15) is 6.17 Å². The molecule has 152 valence electrons. The molecular formula is C22H20N4O3S. The van der Waals surface area contributed by atoms with E-state index in [1.54, 1.807) is 0 Å². The van der Waals surface area contributed by atoms with Gasteiger partial charge in [0.2, 0.25) is 6.23 Å². The Morgan fingerprint density at radius 1 is 1.10 bits per heavy atom. The summed E-state index contributed by atoms with van der Waals surface area (Å²) in [7, 11) is 1.44. The summed E-state index contributed by atoms with van der Waals surface area (Å²) in [4.78, 5) is 31.0. The lowest BCUT2D eigenvalue weighted by Gasteiger charge is -2.45. The Labute approximate surface area is 178 Å². The topological polar surface area (TPSA) is 88.7 Å². The van der Waals surface area contributed by atoms with Crippen LogP contribution in [-0.2, 0) is 15.0 Å². The molecule has 0 saturated carbocycles. The lowest BCUT2D eigenvalue weighted by molar-refractivity contribution is -0.175. The number of piperazine rings is 1. The quantitative estimate of drug-likeness (QED) is 0.453. The molecule has 4 heterocycles. The SMILES string of the molecule is CN1C(=O)[C@@]2(S)C[C@]3(c4c[nH]c5ccccc45)c4ccccc4N[C@@H]3N2C(=O)[C@H]1O. The third-order valence-electron chi connectivity index (χ3n) is 6.91. The van der Waals surface area contributed by atoms with Gasteiger partial charge in [-0.3, -0.25) is 14.5 Å². The number of aliphatic hydroxyl groups is 1. The van der Waals surface area contributed by atoms with Gasteiger partial charge in [0.05, 0.1) is 5.41 Å². The fourth-order valence-corrected chi connectivity index (χ4v) is 6.20. The van der Waals surface area contributed by atoms with E-state index in [0.29, 0.717) is 6.42 Å². The lowest BCUT2D eigenvalue weighted by atomic mass is 9.72. The maximum absolute atomic E-state index is 13.3. The summed E-state index contributed by atoms with van der Waals surface area (Å²) < 4.78 is 0. The normalized spacial score (nSPS) is 32.2. The fraction of sp³-hybridized carbons (Fsp3) is 0.273. The summed E-state index contributed by atoms with van der Waals surface area (Å²) in [5.74, 6) is -0.912. The number of hydrogen-bond acceptors (Lipinski definition) is 5. The second-order valence-electron chi connectivity index (χ2n) is 8.30.